The van der Waals surface area contributed by atoms with Crippen molar-refractivity contribution in [1.82, 2.24) is 4.31 Å². The zero-order valence-electron chi connectivity index (χ0n) is 12.3. The van der Waals surface area contributed by atoms with Crippen molar-refractivity contribution in [2.45, 2.75) is 43.7 Å². The second-order valence-electron chi connectivity index (χ2n) is 5.41. The molecule has 1 aromatic carbocycles. The summed E-state index contributed by atoms with van der Waals surface area (Å²) in [5, 5.41) is 0. The van der Waals surface area contributed by atoms with Gasteiger partial charge in [0.25, 0.3) is 0 Å². The molecule has 21 heavy (non-hydrogen) atoms. The van der Waals surface area contributed by atoms with Crippen molar-refractivity contribution in [3.05, 3.63) is 29.1 Å². The summed E-state index contributed by atoms with van der Waals surface area (Å²) in [5.74, 6) is -0.516. The maximum absolute atomic E-state index is 13.8. The summed E-state index contributed by atoms with van der Waals surface area (Å²) in [7, 11) is -3.69. The predicted octanol–water partition coefficient (Wildman–Crippen LogP) is 2.67. The van der Waals surface area contributed by atoms with Crippen LogP contribution in [0.5, 0.6) is 0 Å². The van der Waals surface area contributed by atoms with Crippen LogP contribution in [0.15, 0.2) is 17.0 Å². The first kappa shape index (κ1) is 16.7. The summed E-state index contributed by atoms with van der Waals surface area (Å²) in [6, 6.07) is 2.42. The van der Waals surface area contributed by atoms with Crippen LogP contribution in [-0.2, 0) is 20.6 Å². The van der Waals surface area contributed by atoms with Crippen molar-refractivity contribution < 1.29 is 17.5 Å². The van der Waals surface area contributed by atoms with Crippen molar-refractivity contribution >= 4 is 21.6 Å². The van der Waals surface area contributed by atoms with Crippen LogP contribution in [0.1, 0.15) is 25.0 Å². The topological polar surface area (TPSA) is 46.6 Å². The molecule has 1 aromatic rings. The summed E-state index contributed by atoms with van der Waals surface area (Å²) in [4.78, 5) is 0.0815. The SMILES string of the molecule is Cc1cc(S(=O)(=O)N2CC(C)OCC2C)cc(CCl)c1F. The maximum Gasteiger partial charge on any atom is 0.243 e. The van der Waals surface area contributed by atoms with E-state index in [1.165, 1.54) is 23.4 Å². The lowest BCUT2D eigenvalue weighted by Crippen LogP contribution is -2.50. The van der Waals surface area contributed by atoms with Gasteiger partial charge in [0.2, 0.25) is 10.0 Å². The van der Waals surface area contributed by atoms with E-state index in [0.29, 0.717) is 6.61 Å². The molecule has 0 bridgehead atoms. The fourth-order valence-electron chi connectivity index (χ4n) is 2.40. The fraction of sp³-hybridized carbons (Fsp3) is 0.571. The van der Waals surface area contributed by atoms with E-state index < -0.39 is 15.8 Å². The monoisotopic (exact) mass is 335 g/mol. The van der Waals surface area contributed by atoms with Crippen LogP contribution in [0.4, 0.5) is 4.39 Å². The summed E-state index contributed by atoms with van der Waals surface area (Å²) < 4.78 is 46.3. The van der Waals surface area contributed by atoms with E-state index in [-0.39, 0.29) is 40.6 Å². The Kier molecular flexibility index (Phi) is 4.92. The summed E-state index contributed by atoms with van der Waals surface area (Å²) in [6.45, 7) is 5.80. The number of ether oxygens (including phenoxy) is 1. The van der Waals surface area contributed by atoms with Gasteiger partial charge in [0.1, 0.15) is 5.82 Å². The van der Waals surface area contributed by atoms with E-state index >= 15 is 0 Å². The van der Waals surface area contributed by atoms with E-state index in [2.05, 4.69) is 0 Å². The van der Waals surface area contributed by atoms with E-state index in [4.69, 9.17) is 16.3 Å². The van der Waals surface area contributed by atoms with Crippen LogP contribution >= 0.6 is 11.6 Å². The Morgan fingerprint density at radius 3 is 2.71 bits per heavy atom. The van der Waals surface area contributed by atoms with Gasteiger partial charge in [-0.25, -0.2) is 12.8 Å². The Morgan fingerprint density at radius 1 is 1.43 bits per heavy atom. The average molecular weight is 336 g/mol. The number of aryl methyl sites for hydroxylation is 1. The first-order chi connectivity index (χ1) is 9.77. The van der Waals surface area contributed by atoms with Gasteiger partial charge in [-0.15, -0.1) is 11.6 Å². The summed E-state index contributed by atoms with van der Waals surface area (Å²) >= 11 is 5.70. The number of sulfonamides is 1. The molecule has 0 aliphatic carbocycles. The Labute approximate surface area is 129 Å². The van der Waals surface area contributed by atoms with Gasteiger partial charge < -0.3 is 4.74 Å². The first-order valence-electron chi connectivity index (χ1n) is 6.75. The van der Waals surface area contributed by atoms with Crippen molar-refractivity contribution in [3.8, 4) is 0 Å². The molecule has 2 atom stereocenters. The zero-order valence-corrected chi connectivity index (χ0v) is 13.8. The fourth-order valence-corrected chi connectivity index (χ4v) is 4.42. The molecule has 0 saturated carbocycles. The zero-order chi connectivity index (χ0) is 15.8. The molecular formula is C14H19ClFNO3S. The van der Waals surface area contributed by atoms with Crippen molar-refractivity contribution in [2.75, 3.05) is 13.2 Å². The lowest BCUT2D eigenvalue weighted by atomic mass is 10.1. The Hall–Kier alpha value is -0.690. The first-order valence-corrected chi connectivity index (χ1v) is 8.73. The highest BCUT2D eigenvalue weighted by Gasteiger charge is 2.34. The van der Waals surface area contributed by atoms with E-state index in [0.717, 1.165) is 0 Å². The van der Waals surface area contributed by atoms with Gasteiger partial charge in [-0.05, 0) is 38.5 Å². The van der Waals surface area contributed by atoms with Crippen molar-refractivity contribution in [1.29, 1.82) is 0 Å². The van der Waals surface area contributed by atoms with Crippen LogP contribution < -0.4 is 0 Å². The van der Waals surface area contributed by atoms with Crippen LogP contribution in [0.3, 0.4) is 0 Å². The van der Waals surface area contributed by atoms with E-state index in [1.807, 2.05) is 6.92 Å². The number of hydrogen-bond acceptors (Lipinski definition) is 3. The van der Waals surface area contributed by atoms with Crippen LogP contribution in [0, 0.1) is 12.7 Å². The molecule has 2 rings (SSSR count). The Bertz CT molecular complexity index is 635. The number of alkyl halides is 1. The minimum Gasteiger partial charge on any atom is -0.375 e. The molecule has 118 valence electrons. The lowest BCUT2D eigenvalue weighted by Gasteiger charge is -2.35. The lowest BCUT2D eigenvalue weighted by molar-refractivity contribution is -0.0170. The molecule has 0 spiro atoms. The largest absolute Gasteiger partial charge is 0.375 e. The maximum atomic E-state index is 13.8. The van der Waals surface area contributed by atoms with Gasteiger partial charge >= 0.3 is 0 Å². The van der Waals surface area contributed by atoms with Gasteiger partial charge in [0.15, 0.2) is 0 Å². The molecule has 7 heteroatoms. The van der Waals surface area contributed by atoms with Gasteiger partial charge in [-0.3, -0.25) is 0 Å². The number of halogens is 2. The second kappa shape index (κ2) is 6.20. The van der Waals surface area contributed by atoms with Gasteiger partial charge in [-0.1, -0.05) is 0 Å². The number of nitrogens with zero attached hydrogens (tertiary/aromatic N) is 1. The van der Waals surface area contributed by atoms with Gasteiger partial charge in [0.05, 0.1) is 23.5 Å². The van der Waals surface area contributed by atoms with Gasteiger partial charge in [0, 0.05) is 18.2 Å². The highest BCUT2D eigenvalue weighted by atomic mass is 35.5. The third-order valence-electron chi connectivity index (χ3n) is 3.60. The molecule has 0 N–H and O–H groups in total. The number of benzene rings is 1. The molecule has 1 aliphatic heterocycles. The normalized spacial score (nSPS) is 24.2. The third kappa shape index (κ3) is 3.23. The molecule has 4 nitrogen and oxygen atoms in total. The van der Waals surface area contributed by atoms with Crippen LogP contribution in [0.25, 0.3) is 0 Å². The quantitative estimate of drug-likeness (QED) is 0.798. The molecule has 0 amide bonds. The van der Waals surface area contributed by atoms with E-state index in [1.54, 1.807) is 6.92 Å². The minimum absolute atomic E-state index is 0.0644. The highest BCUT2D eigenvalue weighted by Crippen LogP contribution is 2.26. The van der Waals surface area contributed by atoms with Gasteiger partial charge in [-0.2, -0.15) is 4.31 Å². The minimum atomic E-state index is -3.69. The number of hydrogen-bond donors (Lipinski definition) is 0. The van der Waals surface area contributed by atoms with Crippen molar-refractivity contribution in [2.24, 2.45) is 0 Å². The molecular weight excluding hydrogens is 317 g/mol. The Balaban J connectivity index is 2.46. The molecule has 2 unspecified atom stereocenters. The molecule has 1 fully saturated rings. The molecule has 0 radical (unpaired) electrons. The predicted molar refractivity (Wildman–Crippen MR) is 79.5 cm³/mol. The summed E-state index contributed by atoms with van der Waals surface area (Å²) in [5.41, 5.74) is 0.477. The Morgan fingerprint density at radius 2 is 2.10 bits per heavy atom. The van der Waals surface area contributed by atoms with Crippen LogP contribution in [0.2, 0.25) is 0 Å². The van der Waals surface area contributed by atoms with Crippen molar-refractivity contribution in [3.63, 3.8) is 0 Å². The number of morpholine rings is 1. The van der Waals surface area contributed by atoms with E-state index in [9.17, 15) is 12.8 Å². The molecule has 0 aromatic heterocycles. The smallest absolute Gasteiger partial charge is 0.243 e. The highest BCUT2D eigenvalue weighted by molar-refractivity contribution is 7.89. The number of rotatable bonds is 3. The summed E-state index contributed by atoms with van der Waals surface area (Å²) in [6.07, 6.45) is -0.162. The standard InChI is InChI=1S/C14H19ClFNO3S/c1-9-4-13(5-12(6-15)14(9)16)21(18,19)17-7-11(3)20-8-10(17)2/h4-5,10-11H,6-8H2,1-3H3. The third-order valence-corrected chi connectivity index (χ3v) is 5.85. The second-order valence-corrected chi connectivity index (χ2v) is 7.57. The van der Waals surface area contributed by atoms with Crippen LogP contribution in [-0.4, -0.2) is 38.0 Å². The molecule has 1 heterocycles. The molecule has 1 aliphatic rings. The average Bonchev–Trinajstić information content (AvgIpc) is 2.44. The molecule has 1 saturated heterocycles.